The summed E-state index contributed by atoms with van der Waals surface area (Å²) in [5, 5.41) is 20.9. The zero-order chi connectivity index (χ0) is 10.1. The summed E-state index contributed by atoms with van der Waals surface area (Å²) in [7, 11) is 0. The lowest BCUT2D eigenvalue weighted by atomic mass is 9.92. The van der Waals surface area contributed by atoms with E-state index in [9.17, 15) is 20.2 Å². The molecule has 0 aromatic carbocycles. The smallest absolute Gasteiger partial charge is 0.253 e. The minimum atomic E-state index is -1.34. The van der Waals surface area contributed by atoms with Crippen LogP contribution in [0.1, 0.15) is 13.3 Å². The van der Waals surface area contributed by atoms with Crippen molar-refractivity contribution in [2.45, 2.75) is 18.9 Å². The molecular weight excluding hydrogens is 176 g/mol. The van der Waals surface area contributed by atoms with Crippen LogP contribution in [0.4, 0.5) is 0 Å². The number of hydrogen-bond acceptors (Lipinski definition) is 4. The van der Waals surface area contributed by atoms with Gasteiger partial charge in [-0.25, -0.2) is 0 Å². The minimum absolute atomic E-state index is 0.123. The van der Waals surface area contributed by atoms with Crippen LogP contribution in [0.15, 0.2) is 23.9 Å². The Bertz CT molecular complexity index is 320. The fraction of sp³-hybridized carbons (Fsp3) is 0.429. The predicted octanol–water partition coefficient (Wildman–Crippen LogP) is 1.14. The van der Waals surface area contributed by atoms with E-state index < -0.39 is 15.4 Å². The van der Waals surface area contributed by atoms with Gasteiger partial charge in [0.15, 0.2) is 0 Å². The maximum atomic E-state index is 10.5. The van der Waals surface area contributed by atoms with Crippen molar-refractivity contribution in [2.75, 3.05) is 0 Å². The van der Waals surface area contributed by atoms with E-state index in [2.05, 4.69) is 0 Å². The highest BCUT2D eigenvalue weighted by molar-refractivity contribution is 5.20. The summed E-state index contributed by atoms with van der Waals surface area (Å²) < 4.78 is 0. The molecule has 0 aromatic rings. The Kier molecular flexibility index (Phi) is 2.14. The summed E-state index contributed by atoms with van der Waals surface area (Å²) in [6.07, 6.45) is 3.83. The average molecular weight is 184 g/mol. The molecule has 70 valence electrons. The maximum absolute atomic E-state index is 10.5. The van der Waals surface area contributed by atoms with Crippen LogP contribution in [-0.4, -0.2) is 15.4 Å². The SMILES string of the molecule is CC1([N+](=O)[O-])C=CC=C([N+](=O)[O-])C1. The maximum Gasteiger partial charge on any atom is 0.253 e. The Hall–Kier alpha value is -1.72. The van der Waals surface area contributed by atoms with Crippen molar-refractivity contribution >= 4 is 0 Å². The molecule has 0 aliphatic heterocycles. The first-order chi connectivity index (χ1) is 5.96. The molecule has 0 heterocycles. The standard InChI is InChI=1S/C7H8N2O4/c1-7(9(12)13)4-2-3-6(5-7)8(10)11/h2-4H,5H2,1H3. The molecule has 0 bridgehead atoms. The van der Waals surface area contributed by atoms with Crippen molar-refractivity contribution in [3.63, 3.8) is 0 Å². The van der Waals surface area contributed by atoms with Crippen LogP contribution < -0.4 is 0 Å². The predicted molar refractivity (Wildman–Crippen MR) is 44.2 cm³/mol. The van der Waals surface area contributed by atoms with Gasteiger partial charge in [-0.2, -0.15) is 0 Å². The van der Waals surface area contributed by atoms with Gasteiger partial charge in [-0.3, -0.25) is 20.2 Å². The Labute approximate surface area is 73.8 Å². The van der Waals surface area contributed by atoms with Crippen molar-refractivity contribution in [1.82, 2.24) is 0 Å². The molecule has 1 unspecified atom stereocenters. The summed E-state index contributed by atoms with van der Waals surface area (Å²) in [5.74, 6) is 0. The number of nitrogens with zero attached hydrogens (tertiary/aromatic N) is 2. The summed E-state index contributed by atoms with van der Waals surface area (Å²) in [4.78, 5) is 19.8. The summed E-state index contributed by atoms with van der Waals surface area (Å²) in [5.41, 5.74) is -1.46. The van der Waals surface area contributed by atoms with E-state index in [0.717, 1.165) is 0 Å². The fourth-order valence-corrected chi connectivity index (χ4v) is 1.10. The molecule has 0 N–H and O–H groups in total. The molecule has 0 amide bonds. The third-order valence-electron chi connectivity index (χ3n) is 1.93. The van der Waals surface area contributed by atoms with E-state index in [4.69, 9.17) is 0 Å². The van der Waals surface area contributed by atoms with E-state index in [1.165, 1.54) is 25.2 Å². The molecule has 0 saturated carbocycles. The van der Waals surface area contributed by atoms with Gasteiger partial charge in [-0.15, -0.1) is 0 Å². The van der Waals surface area contributed by atoms with E-state index in [1.54, 1.807) is 0 Å². The van der Waals surface area contributed by atoms with Crippen LogP contribution >= 0.6 is 0 Å². The van der Waals surface area contributed by atoms with Crippen LogP contribution in [0.2, 0.25) is 0 Å². The van der Waals surface area contributed by atoms with Gasteiger partial charge >= 0.3 is 0 Å². The van der Waals surface area contributed by atoms with Crippen molar-refractivity contribution in [3.8, 4) is 0 Å². The lowest BCUT2D eigenvalue weighted by Crippen LogP contribution is -2.35. The molecule has 0 saturated heterocycles. The highest BCUT2D eigenvalue weighted by Crippen LogP contribution is 2.25. The molecule has 1 aliphatic rings. The minimum Gasteiger partial charge on any atom is -0.264 e. The van der Waals surface area contributed by atoms with E-state index >= 15 is 0 Å². The second-order valence-corrected chi connectivity index (χ2v) is 3.07. The summed E-state index contributed by atoms with van der Waals surface area (Å²) >= 11 is 0. The molecule has 1 rings (SSSR count). The van der Waals surface area contributed by atoms with Gasteiger partial charge in [0.1, 0.15) is 6.42 Å². The lowest BCUT2D eigenvalue weighted by Gasteiger charge is -2.17. The van der Waals surface area contributed by atoms with Gasteiger partial charge in [0.2, 0.25) is 5.54 Å². The molecule has 1 atom stereocenters. The van der Waals surface area contributed by atoms with Gasteiger partial charge < -0.3 is 0 Å². The van der Waals surface area contributed by atoms with Gasteiger partial charge in [0, 0.05) is 17.9 Å². The first-order valence-corrected chi connectivity index (χ1v) is 3.63. The quantitative estimate of drug-likeness (QED) is 0.475. The van der Waals surface area contributed by atoms with Gasteiger partial charge in [-0.05, 0) is 6.08 Å². The molecule has 13 heavy (non-hydrogen) atoms. The average Bonchev–Trinajstić information content (AvgIpc) is 2.04. The summed E-state index contributed by atoms with van der Waals surface area (Å²) in [6.45, 7) is 1.36. The van der Waals surface area contributed by atoms with Crippen molar-refractivity contribution in [2.24, 2.45) is 0 Å². The number of hydrogen-bond donors (Lipinski definition) is 0. The molecule has 6 nitrogen and oxygen atoms in total. The fourth-order valence-electron chi connectivity index (χ4n) is 1.10. The number of nitro groups is 2. The second-order valence-electron chi connectivity index (χ2n) is 3.07. The highest BCUT2D eigenvalue weighted by Gasteiger charge is 2.40. The lowest BCUT2D eigenvalue weighted by molar-refractivity contribution is -0.557. The Morgan fingerprint density at radius 2 is 2.08 bits per heavy atom. The Morgan fingerprint density at radius 1 is 1.46 bits per heavy atom. The molecule has 1 aliphatic carbocycles. The van der Waals surface area contributed by atoms with Gasteiger partial charge in [0.05, 0.1) is 4.92 Å². The van der Waals surface area contributed by atoms with Crippen LogP contribution in [0.5, 0.6) is 0 Å². The van der Waals surface area contributed by atoms with Crippen LogP contribution in [-0.2, 0) is 0 Å². The van der Waals surface area contributed by atoms with Crippen molar-refractivity contribution in [3.05, 3.63) is 44.2 Å². The van der Waals surface area contributed by atoms with E-state index in [-0.39, 0.29) is 12.1 Å². The van der Waals surface area contributed by atoms with E-state index in [1.807, 2.05) is 0 Å². The first kappa shape index (κ1) is 9.37. The van der Waals surface area contributed by atoms with Gasteiger partial charge in [0.25, 0.3) is 5.70 Å². The first-order valence-electron chi connectivity index (χ1n) is 3.63. The normalized spacial score (nSPS) is 26.7. The van der Waals surface area contributed by atoms with Crippen LogP contribution in [0.25, 0.3) is 0 Å². The Morgan fingerprint density at radius 3 is 2.54 bits per heavy atom. The van der Waals surface area contributed by atoms with Crippen LogP contribution in [0.3, 0.4) is 0 Å². The zero-order valence-electron chi connectivity index (χ0n) is 6.97. The Balaban J connectivity index is 2.92. The molecular formula is C7H8N2O4. The highest BCUT2D eigenvalue weighted by atomic mass is 16.6. The molecule has 6 heteroatoms. The third-order valence-corrected chi connectivity index (χ3v) is 1.93. The van der Waals surface area contributed by atoms with Crippen molar-refractivity contribution in [1.29, 1.82) is 0 Å². The number of rotatable bonds is 2. The largest absolute Gasteiger partial charge is 0.264 e. The van der Waals surface area contributed by atoms with Crippen molar-refractivity contribution < 1.29 is 9.85 Å². The van der Waals surface area contributed by atoms with Crippen LogP contribution in [0, 0.1) is 20.2 Å². The molecule has 0 spiro atoms. The molecule has 0 fully saturated rings. The second kappa shape index (κ2) is 2.96. The topological polar surface area (TPSA) is 86.3 Å². The summed E-state index contributed by atoms with van der Waals surface area (Å²) in [6, 6.07) is 0. The zero-order valence-corrected chi connectivity index (χ0v) is 6.97. The molecule has 0 aromatic heterocycles. The number of allylic oxidation sites excluding steroid dienone is 2. The van der Waals surface area contributed by atoms with Gasteiger partial charge in [-0.1, -0.05) is 6.08 Å². The van der Waals surface area contributed by atoms with E-state index in [0.29, 0.717) is 0 Å². The monoisotopic (exact) mass is 184 g/mol. The third kappa shape index (κ3) is 1.71. The molecule has 0 radical (unpaired) electrons.